The predicted molar refractivity (Wildman–Crippen MR) is 196 cm³/mol. The van der Waals surface area contributed by atoms with Crippen LogP contribution in [0.3, 0.4) is 0 Å². The smallest absolute Gasteiger partial charge is 0.416 e. The predicted octanol–water partition coefficient (Wildman–Crippen LogP) is 1.94. The average molecular weight is 762 g/mol. The van der Waals surface area contributed by atoms with Gasteiger partial charge in [0, 0.05) is 19.5 Å². The third kappa shape index (κ3) is 13.1. The molecule has 0 aromatic heterocycles. The SMILES string of the molecule is COC(=O)C1(N)CCN(C(=O)[C@@H](CCCCN)NC(=O)[C@@H](CC(C)C)NC(=O)[C@@H](Cc2ccccc2)NC(=O)[C@H](N)Cc2ccc(C(F)(F)F)cc2)CC1. The zero-order valence-electron chi connectivity index (χ0n) is 31.1. The lowest BCUT2D eigenvalue weighted by atomic mass is 9.88. The van der Waals surface area contributed by atoms with Crippen LogP contribution in [0.1, 0.15) is 69.1 Å². The number of ether oxygens (including phenoxy) is 1. The van der Waals surface area contributed by atoms with E-state index in [0.717, 1.165) is 12.1 Å². The number of alkyl halides is 3. The molecule has 0 radical (unpaired) electrons. The Kier molecular flexibility index (Phi) is 16.4. The lowest BCUT2D eigenvalue weighted by molar-refractivity contribution is -0.151. The quantitative estimate of drug-likeness (QED) is 0.0967. The first-order chi connectivity index (χ1) is 25.5. The van der Waals surface area contributed by atoms with Gasteiger partial charge in [0.25, 0.3) is 0 Å². The summed E-state index contributed by atoms with van der Waals surface area (Å²) in [7, 11) is 1.25. The fourth-order valence-corrected chi connectivity index (χ4v) is 6.27. The van der Waals surface area contributed by atoms with Crippen molar-refractivity contribution in [3.63, 3.8) is 0 Å². The van der Waals surface area contributed by atoms with Crippen molar-refractivity contribution in [2.24, 2.45) is 23.1 Å². The lowest BCUT2D eigenvalue weighted by Gasteiger charge is -2.38. The molecule has 16 heteroatoms. The number of halogens is 3. The Morgan fingerprint density at radius 1 is 0.815 bits per heavy atom. The van der Waals surface area contributed by atoms with Gasteiger partial charge in [-0.1, -0.05) is 56.3 Å². The van der Waals surface area contributed by atoms with E-state index < -0.39 is 65.1 Å². The molecule has 54 heavy (non-hydrogen) atoms. The van der Waals surface area contributed by atoms with Gasteiger partial charge in [-0.2, -0.15) is 13.2 Å². The summed E-state index contributed by atoms with van der Waals surface area (Å²) in [5, 5.41) is 8.29. The molecule has 2 aromatic carbocycles. The second kappa shape index (κ2) is 20.2. The highest BCUT2D eigenvalue weighted by Gasteiger charge is 2.41. The highest BCUT2D eigenvalue weighted by molar-refractivity contribution is 5.95. The Balaban J connectivity index is 1.77. The minimum absolute atomic E-state index is 0.0464. The fraction of sp³-hybridized carbons (Fsp3) is 0.553. The van der Waals surface area contributed by atoms with Gasteiger partial charge in [0.1, 0.15) is 23.7 Å². The molecule has 1 aliphatic heterocycles. The van der Waals surface area contributed by atoms with Gasteiger partial charge in [-0.3, -0.25) is 24.0 Å². The van der Waals surface area contributed by atoms with E-state index >= 15 is 0 Å². The van der Waals surface area contributed by atoms with E-state index in [2.05, 4.69) is 16.0 Å². The number of benzene rings is 2. The summed E-state index contributed by atoms with van der Waals surface area (Å²) in [4.78, 5) is 68.6. The standard InChI is InChI=1S/C38H54F3N7O6/c1-24(2)21-30(33(50)45-29(11-7-8-18-42)35(52)48-19-16-37(44,17-20-48)36(53)54-3)47-34(51)31(23-25-9-5-4-6-10-25)46-32(49)28(43)22-26-12-14-27(15-13-26)38(39,40)41/h4-6,9-10,12-15,24,28-31H,7-8,11,16-23,42-44H2,1-3H3,(H,45,50)(H,46,49)(H,47,51)/t28-,29-,30-,31-/m1/s1. The third-order valence-corrected chi connectivity index (χ3v) is 9.45. The van der Waals surface area contributed by atoms with Crippen molar-refractivity contribution in [1.29, 1.82) is 0 Å². The molecule has 3 rings (SSSR count). The molecule has 1 heterocycles. The van der Waals surface area contributed by atoms with Crippen LogP contribution in [-0.2, 0) is 47.7 Å². The van der Waals surface area contributed by atoms with E-state index in [-0.39, 0.29) is 63.4 Å². The van der Waals surface area contributed by atoms with Crippen molar-refractivity contribution in [3.8, 4) is 0 Å². The summed E-state index contributed by atoms with van der Waals surface area (Å²) in [6.45, 7) is 4.49. The Morgan fingerprint density at radius 3 is 1.93 bits per heavy atom. The number of unbranched alkanes of at least 4 members (excludes halogenated alkanes) is 1. The maximum Gasteiger partial charge on any atom is 0.416 e. The van der Waals surface area contributed by atoms with Crippen LogP contribution in [0, 0.1) is 5.92 Å². The van der Waals surface area contributed by atoms with Crippen LogP contribution in [0.5, 0.6) is 0 Å². The van der Waals surface area contributed by atoms with E-state index in [9.17, 15) is 37.1 Å². The highest BCUT2D eigenvalue weighted by Crippen LogP contribution is 2.29. The molecule has 298 valence electrons. The average Bonchev–Trinajstić information content (AvgIpc) is 3.13. The number of piperidine rings is 1. The zero-order chi connectivity index (χ0) is 40.1. The number of esters is 1. The van der Waals surface area contributed by atoms with Crippen LogP contribution >= 0.6 is 0 Å². The summed E-state index contributed by atoms with van der Waals surface area (Å²) in [5.41, 5.74) is 17.1. The van der Waals surface area contributed by atoms with Crippen molar-refractivity contribution in [2.45, 2.75) is 101 Å². The Hall–Kier alpha value is -4.54. The summed E-state index contributed by atoms with van der Waals surface area (Å²) in [5.74, 6) is -2.94. The largest absolute Gasteiger partial charge is 0.468 e. The van der Waals surface area contributed by atoms with Crippen molar-refractivity contribution >= 4 is 29.6 Å². The van der Waals surface area contributed by atoms with Gasteiger partial charge in [-0.25, -0.2) is 0 Å². The number of carbonyl (C=O) groups is 5. The first-order valence-electron chi connectivity index (χ1n) is 18.2. The number of hydrogen-bond donors (Lipinski definition) is 6. The van der Waals surface area contributed by atoms with Crippen LogP contribution in [0.2, 0.25) is 0 Å². The van der Waals surface area contributed by atoms with E-state index in [0.29, 0.717) is 30.5 Å². The van der Waals surface area contributed by atoms with Gasteiger partial charge in [-0.15, -0.1) is 0 Å². The topological polar surface area (TPSA) is 212 Å². The number of carbonyl (C=O) groups excluding carboxylic acids is 5. The number of hydrogen-bond acceptors (Lipinski definition) is 9. The summed E-state index contributed by atoms with van der Waals surface area (Å²) < 4.78 is 43.9. The molecule has 0 unspecified atom stereocenters. The molecule has 0 spiro atoms. The van der Waals surface area contributed by atoms with Gasteiger partial charge >= 0.3 is 12.1 Å². The minimum atomic E-state index is -4.51. The van der Waals surface area contributed by atoms with E-state index in [1.807, 2.05) is 13.8 Å². The number of methoxy groups -OCH3 is 1. The first kappa shape index (κ1) is 43.9. The Labute approximate surface area is 314 Å². The van der Waals surface area contributed by atoms with Crippen molar-refractivity contribution < 1.29 is 41.9 Å². The Morgan fingerprint density at radius 2 is 1.37 bits per heavy atom. The van der Waals surface area contributed by atoms with Gasteiger partial charge in [0.15, 0.2) is 0 Å². The molecular formula is C38H54F3N7O6. The molecule has 0 saturated carbocycles. The van der Waals surface area contributed by atoms with Crippen LogP contribution in [0.25, 0.3) is 0 Å². The number of rotatable bonds is 18. The molecule has 1 fully saturated rings. The number of likely N-dealkylation sites (tertiary alicyclic amines) is 1. The number of nitrogens with two attached hydrogens (primary N) is 3. The minimum Gasteiger partial charge on any atom is -0.468 e. The third-order valence-electron chi connectivity index (χ3n) is 9.45. The molecule has 9 N–H and O–H groups in total. The maximum atomic E-state index is 13.9. The summed E-state index contributed by atoms with van der Waals surface area (Å²) >= 11 is 0. The van der Waals surface area contributed by atoms with Crippen LogP contribution in [-0.4, -0.2) is 90.9 Å². The van der Waals surface area contributed by atoms with E-state index in [4.69, 9.17) is 21.9 Å². The molecular weight excluding hydrogens is 707 g/mol. The zero-order valence-corrected chi connectivity index (χ0v) is 31.1. The molecule has 0 aliphatic carbocycles. The molecule has 13 nitrogen and oxygen atoms in total. The Bertz CT molecular complexity index is 1550. The van der Waals surface area contributed by atoms with Crippen molar-refractivity contribution in [1.82, 2.24) is 20.9 Å². The molecule has 4 amide bonds. The van der Waals surface area contributed by atoms with E-state index in [1.165, 1.54) is 19.2 Å². The molecule has 1 aliphatic rings. The first-order valence-corrected chi connectivity index (χ1v) is 18.2. The van der Waals surface area contributed by atoms with Crippen LogP contribution < -0.4 is 33.2 Å². The van der Waals surface area contributed by atoms with Gasteiger partial charge in [0.2, 0.25) is 23.6 Å². The number of nitrogens with zero attached hydrogens (tertiary/aromatic N) is 1. The monoisotopic (exact) mass is 761 g/mol. The second-order valence-electron chi connectivity index (χ2n) is 14.3. The molecule has 1 saturated heterocycles. The summed E-state index contributed by atoms with van der Waals surface area (Å²) in [6, 6.07) is 8.76. The van der Waals surface area contributed by atoms with Crippen molar-refractivity contribution in [3.05, 3.63) is 71.3 Å². The summed E-state index contributed by atoms with van der Waals surface area (Å²) in [6.07, 6.45) is -2.54. The van der Waals surface area contributed by atoms with Gasteiger partial charge in [-0.05, 0) is 80.7 Å². The van der Waals surface area contributed by atoms with Crippen molar-refractivity contribution in [2.75, 3.05) is 26.7 Å². The second-order valence-corrected chi connectivity index (χ2v) is 14.3. The number of amides is 4. The normalized spacial score (nSPS) is 16.4. The van der Waals surface area contributed by atoms with Gasteiger partial charge in [0.05, 0.1) is 18.7 Å². The lowest BCUT2D eigenvalue weighted by Crippen LogP contribution is -2.61. The number of nitrogens with one attached hydrogen (secondary N) is 3. The molecule has 0 bridgehead atoms. The van der Waals surface area contributed by atoms with Gasteiger partial charge < -0.3 is 42.8 Å². The van der Waals surface area contributed by atoms with E-state index in [1.54, 1.807) is 35.2 Å². The maximum absolute atomic E-state index is 13.9. The van der Waals surface area contributed by atoms with Crippen LogP contribution in [0.15, 0.2) is 54.6 Å². The highest BCUT2D eigenvalue weighted by atomic mass is 19.4. The fourth-order valence-electron chi connectivity index (χ4n) is 6.27. The van der Waals surface area contributed by atoms with Crippen LogP contribution in [0.4, 0.5) is 13.2 Å². The molecule has 4 atom stereocenters. The molecule has 2 aromatic rings.